The molecule has 2 aliphatic rings. The molecule has 1 aromatic heterocycles. The Labute approximate surface area is 126 Å². The Morgan fingerprint density at radius 3 is 2.90 bits per heavy atom. The molecule has 0 unspecified atom stereocenters. The quantitative estimate of drug-likeness (QED) is 0.853. The summed E-state index contributed by atoms with van der Waals surface area (Å²) in [4.78, 5) is 14.3. The van der Waals surface area contributed by atoms with Crippen molar-refractivity contribution in [3.05, 3.63) is 18.5 Å². The second kappa shape index (κ2) is 7.07. The van der Waals surface area contributed by atoms with Crippen molar-refractivity contribution < 1.29 is 9.53 Å². The third kappa shape index (κ3) is 4.06. The number of aromatic nitrogens is 2. The molecule has 2 fully saturated rings. The molecule has 3 rings (SSSR count). The molecule has 0 N–H and O–H groups in total. The van der Waals surface area contributed by atoms with Gasteiger partial charge in [0.25, 0.3) is 0 Å². The summed E-state index contributed by atoms with van der Waals surface area (Å²) in [6.07, 6.45) is 11.7. The summed E-state index contributed by atoms with van der Waals surface area (Å²) in [7, 11) is 0. The van der Waals surface area contributed by atoms with Gasteiger partial charge in [-0.25, -0.2) is 0 Å². The highest BCUT2D eigenvalue weighted by Crippen LogP contribution is 2.28. The number of hydrogen-bond donors (Lipinski definition) is 0. The standard InChI is InChI=1S/C16H25N3O2/c20-16(13-19-8-4-7-17-19)18-9-10-21-15(12-18)11-14-5-2-1-3-6-14/h4,7-8,14-15H,1-3,5-6,9-13H2/t15-/m0/s1. The molecule has 1 atom stereocenters. The zero-order chi connectivity index (χ0) is 14.5. The number of rotatable bonds is 4. The lowest BCUT2D eigenvalue weighted by molar-refractivity contribution is -0.140. The summed E-state index contributed by atoms with van der Waals surface area (Å²) >= 11 is 0. The first-order valence-corrected chi connectivity index (χ1v) is 8.18. The van der Waals surface area contributed by atoms with Crippen molar-refractivity contribution in [2.75, 3.05) is 19.7 Å². The molecular formula is C16H25N3O2. The summed E-state index contributed by atoms with van der Waals surface area (Å²) < 4.78 is 7.57. The predicted octanol–water partition coefficient (Wildman–Crippen LogP) is 2.08. The van der Waals surface area contributed by atoms with Crippen molar-refractivity contribution in [3.8, 4) is 0 Å². The van der Waals surface area contributed by atoms with Gasteiger partial charge in [0.1, 0.15) is 6.54 Å². The predicted molar refractivity (Wildman–Crippen MR) is 79.7 cm³/mol. The van der Waals surface area contributed by atoms with Crippen molar-refractivity contribution in [2.45, 2.75) is 51.2 Å². The third-order valence-corrected chi connectivity index (χ3v) is 4.67. The SMILES string of the molecule is O=C(Cn1cccn1)N1CCO[C@@H](CC2CCCCC2)C1. The number of carbonyl (C=O) groups is 1. The van der Waals surface area contributed by atoms with Gasteiger partial charge in [0.05, 0.1) is 12.7 Å². The van der Waals surface area contributed by atoms with Gasteiger partial charge in [-0.15, -0.1) is 0 Å². The van der Waals surface area contributed by atoms with Gasteiger partial charge >= 0.3 is 0 Å². The molecule has 0 aromatic carbocycles. The second-order valence-corrected chi connectivity index (χ2v) is 6.28. The molecule has 1 saturated carbocycles. The van der Waals surface area contributed by atoms with Crippen molar-refractivity contribution in [2.24, 2.45) is 5.92 Å². The average molecular weight is 291 g/mol. The van der Waals surface area contributed by atoms with Gasteiger partial charge in [-0.2, -0.15) is 5.10 Å². The van der Waals surface area contributed by atoms with Crippen LogP contribution in [0.3, 0.4) is 0 Å². The molecule has 0 spiro atoms. The minimum atomic E-state index is 0.149. The van der Waals surface area contributed by atoms with E-state index in [1.54, 1.807) is 10.9 Å². The zero-order valence-corrected chi connectivity index (χ0v) is 12.6. The van der Waals surface area contributed by atoms with E-state index in [2.05, 4.69) is 5.10 Å². The Morgan fingerprint density at radius 1 is 1.29 bits per heavy atom. The van der Waals surface area contributed by atoms with Crippen molar-refractivity contribution in [1.29, 1.82) is 0 Å². The van der Waals surface area contributed by atoms with E-state index in [0.29, 0.717) is 19.7 Å². The fourth-order valence-corrected chi connectivity index (χ4v) is 3.52. The summed E-state index contributed by atoms with van der Waals surface area (Å²) in [5.74, 6) is 0.945. The molecule has 1 aliphatic heterocycles. The van der Waals surface area contributed by atoms with Crippen LogP contribution in [0.2, 0.25) is 0 Å². The number of hydrogen-bond acceptors (Lipinski definition) is 3. The zero-order valence-electron chi connectivity index (χ0n) is 12.6. The summed E-state index contributed by atoms with van der Waals surface area (Å²) in [6.45, 7) is 2.46. The lowest BCUT2D eigenvalue weighted by Crippen LogP contribution is -2.47. The van der Waals surface area contributed by atoms with E-state index in [1.165, 1.54) is 32.1 Å². The molecule has 5 nitrogen and oxygen atoms in total. The molecule has 1 saturated heterocycles. The van der Waals surface area contributed by atoms with E-state index in [1.807, 2.05) is 17.2 Å². The highest BCUT2D eigenvalue weighted by Gasteiger charge is 2.27. The fraction of sp³-hybridized carbons (Fsp3) is 0.750. The van der Waals surface area contributed by atoms with Crippen LogP contribution in [0.4, 0.5) is 0 Å². The van der Waals surface area contributed by atoms with Gasteiger partial charge in [-0.3, -0.25) is 9.48 Å². The molecule has 5 heteroatoms. The van der Waals surface area contributed by atoms with Gasteiger partial charge in [-0.1, -0.05) is 32.1 Å². The number of ether oxygens (including phenoxy) is 1. The number of carbonyl (C=O) groups excluding carboxylic acids is 1. The molecule has 2 heterocycles. The topological polar surface area (TPSA) is 47.4 Å². The van der Waals surface area contributed by atoms with Crippen LogP contribution < -0.4 is 0 Å². The van der Waals surface area contributed by atoms with Gasteiger partial charge in [0.15, 0.2) is 0 Å². The number of amides is 1. The van der Waals surface area contributed by atoms with Crippen LogP contribution in [0, 0.1) is 5.92 Å². The lowest BCUT2D eigenvalue weighted by Gasteiger charge is -2.35. The maximum Gasteiger partial charge on any atom is 0.244 e. The molecule has 1 aliphatic carbocycles. The molecular weight excluding hydrogens is 266 g/mol. The molecule has 116 valence electrons. The minimum Gasteiger partial charge on any atom is -0.375 e. The maximum atomic E-state index is 12.3. The van der Waals surface area contributed by atoms with Crippen LogP contribution in [-0.2, 0) is 16.1 Å². The summed E-state index contributed by atoms with van der Waals surface area (Å²) in [5.41, 5.74) is 0. The van der Waals surface area contributed by atoms with E-state index in [-0.39, 0.29) is 12.0 Å². The molecule has 0 bridgehead atoms. The second-order valence-electron chi connectivity index (χ2n) is 6.28. The molecule has 21 heavy (non-hydrogen) atoms. The Bertz CT molecular complexity index is 440. The van der Waals surface area contributed by atoms with E-state index >= 15 is 0 Å². The van der Waals surface area contributed by atoms with Crippen LogP contribution >= 0.6 is 0 Å². The molecule has 0 radical (unpaired) electrons. The lowest BCUT2D eigenvalue weighted by atomic mass is 9.85. The van der Waals surface area contributed by atoms with E-state index < -0.39 is 0 Å². The van der Waals surface area contributed by atoms with Crippen LogP contribution in [0.25, 0.3) is 0 Å². The van der Waals surface area contributed by atoms with Gasteiger partial charge in [0, 0.05) is 25.5 Å². The monoisotopic (exact) mass is 291 g/mol. The minimum absolute atomic E-state index is 0.149. The summed E-state index contributed by atoms with van der Waals surface area (Å²) in [5, 5.41) is 4.10. The smallest absolute Gasteiger partial charge is 0.244 e. The van der Waals surface area contributed by atoms with Crippen LogP contribution in [0.15, 0.2) is 18.5 Å². The maximum absolute atomic E-state index is 12.3. The highest BCUT2D eigenvalue weighted by atomic mass is 16.5. The first kappa shape index (κ1) is 14.6. The van der Waals surface area contributed by atoms with E-state index in [4.69, 9.17) is 4.74 Å². The van der Waals surface area contributed by atoms with Crippen LogP contribution in [0.1, 0.15) is 38.5 Å². The number of morpholine rings is 1. The average Bonchev–Trinajstić information content (AvgIpc) is 3.01. The van der Waals surface area contributed by atoms with E-state index in [9.17, 15) is 4.79 Å². The first-order valence-electron chi connectivity index (χ1n) is 8.18. The van der Waals surface area contributed by atoms with Crippen molar-refractivity contribution >= 4 is 5.91 Å². The Kier molecular flexibility index (Phi) is 4.91. The Morgan fingerprint density at radius 2 is 2.14 bits per heavy atom. The third-order valence-electron chi connectivity index (χ3n) is 4.67. The molecule has 1 aromatic rings. The van der Waals surface area contributed by atoms with Crippen molar-refractivity contribution in [1.82, 2.24) is 14.7 Å². The number of nitrogens with zero attached hydrogens (tertiary/aromatic N) is 3. The van der Waals surface area contributed by atoms with Crippen LogP contribution in [-0.4, -0.2) is 46.4 Å². The Hall–Kier alpha value is -1.36. The van der Waals surface area contributed by atoms with Crippen molar-refractivity contribution in [3.63, 3.8) is 0 Å². The highest BCUT2D eigenvalue weighted by molar-refractivity contribution is 5.76. The Balaban J connectivity index is 1.49. The normalized spacial score (nSPS) is 24.2. The largest absolute Gasteiger partial charge is 0.375 e. The molecule has 1 amide bonds. The van der Waals surface area contributed by atoms with Gasteiger partial charge < -0.3 is 9.64 Å². The van der Waals surface area contributed by atoms with E-state index in [0.717, 1.165) is 18.9 Å². The van der Waals surface area contributed by atoms with Gasteiger partial charge in [-0.05, 0) is 18.4 Å². The van der Waals surface area contributed by atoms with Crippen LogP contribution in [0.5, 0.6) is 0 Å². The fourth-order valence-electron chi connectivity index (χ4n) is 3.52. The first-order chi connectivity index (χ1) is 10.3. The van der Waals surface area contributed by atoms with Gasteiger partial charge in [0.2, 0.25) is 5.91 Å². The summed E-state index contributed by atoms with van der Waals surface area (Å²) in [6, 6.07) is 1.85.